The third-order valence-electron chi connectivity index (χ3n) is 4.56. The average Bonchev–Trinajstić information content (AvgIpc) is 3.01. The van der Waals surface area contributed by atoms with Crippen LogP contribution in [0, 0.1) is 11.8 Å². The lowest BCUT2D eigenvalue weighted by Gasteiger charge is -2.24. The Bertz CT molecular complexity index is 448. The second-order valence-corrected chi connectivity index (χ2v) is 5.79. The topological polar surface area (TPSA) is 45.2 Å². The van der Waals surface area contributed by atoms with E-state index in [0.29, 0.717) is 12.5 Å². The summed E-state index contributed by atoms with van der Waals surface area (Å²) in [4.78, 5) is 18.4. The van der Waals surface area contributed by atoms with Crippen LogP contribution in [-0.2, 0) is 11.3 Å². The van der Waals surface area contributed by atoms with Crippen molar-refractivity contribution in [3.05, 3.63) is 30.1 Å². The van der Waals surface area contributed by atoms with Gasteiger partial charge in [0, 0.05) is 26.0 Å². The number of nitrogens with zero attached hydrogens (tertiary/aromatic N) is 2. The van der Waals surface area contributed by atoms with Gasteiger partial charge in [-0.3, -0.25) is 9.78 Å². The Balaban J connectivity index is 1.63. The molecule has 3 unspecified atom stereocenters. The molecule has 1 N–H and O–H groups in total. The van der Waals surface area contributed by atoms with E-state index in [4.69, 9.17) is 0 Å². The molecule has 1 aliphatic carbocycles. The van der Waals surface area contributed by atoms with Gasteiger partial charge in [0.25, 0.3) is 0 Å². The third kappa shape index (κ3) is 2.50. The number of carbonyl (C=O) groups is 1. The predicted octanol–water partition coefficient (Wildman–Crippen LogP) is 1.43. The van der Waals surface area contributed by atoms with Crippen molar-refractivity contribution in [1.82, 2.24) is 15.2 Å². The predicted molar refractivity (Wildman–Crippen MR) is 73.3 cm³/mol. The largest absolute Gasteiger partial charge is 0.340 e. The highest BCUT2D eigenvalue weighted by molar-refractivity contribution is 5.82. The summed E-state index contributed by atoms with van der Waals surface area (Å²) in [6.45, 7) is 1.68. The molecule has 1 saturated carbocycles. The number of hydrogen-bond donors (Lipinski definition) is 1. The number of likely N-dealkylation sites (N-methyl/N-ethyl adjacent to an activating group) is 1. The second kappa shape index (κ2) is 5.29. The van der Waals surface area contributed by atoms with Crippen molar-refractivity contribution in [2.45, 2.75) is 31.8 Å². The quantitative estimate of drug-likeness (QED) is 0.893. The lowest BCUT2D eigenvalue weighted by molar-refractivity contribution is -0.133. The summed E-state index contributed by atoms with van der Waals surface area (Å²) in [7, 11) is 1.90. The molecule has 0 bridgehead atoms. The van der Waals surface area contributed by atoms with Gasteiger partial charge < -0.3 is 10.2 Å². The fourth-order valence-corrected chi connectivity index (χ4v) is 3.54. The molecule has 1 aromatic rings. The van der Waals surface area contributed by atoms with Gasteiger partial charge in [0.1, 0.15) is 0 Å². The van der Waals surface area contributed by atoms with E-state index in [1.807, 2.05) is 24.1 Å². The molecule has 3 atom stereocenters. The Morgan fingerprint density at radius 2 is 2.21 bits per heavy atom. The summed E-state index contributed by atoms with van der Waals surface area (Å²) in [6, 6.07) is 3.97. The summed E-state index contributed by atoms with van der Waals surface area (Å²) in [6.07, 6.45) is 7.32. The van der Waals surface area contributed by atoms with Gasteiger partial charge in [-0.05, 0) is 48.9 Å². The maximum atomic E-state index is 12.5. The second-order valence-electron chi connectivity index (χ2n) is 5.79. The summed E-state index contributed by atoms with van der Waals surface area (Å²) in [5.41, 5.74) is 1.13. The Morgan fingerprint density at radius 3 is 3.00 bits per heavy atom. The number of fused-ring (bicyclic) bond motifs is 1. The molecule has 4 heteroatoms. The highest BCUT2D eigenvalue weighted by atomic mass is 16.2. The molecule has 1 saturated heterocycles. The van der Waals surface area contributed by atoms with Crippen LogP contribution in [0.25, 0.3) is 0 Å². The van der Waals surface area contributed by atoms with Crippen LogP contribution in [0.15, 0.2) is 24.5 Å². The van der Waals surface area contributed by atoms with Gasteiger partial charge in [0.05, 0.1) is 6.04 Å². The fourth-order valence-electron chi connectivity index (χ4n) is 3.54. The van der Waals surface area contributed by atoms with Gasteiger partial charge in [0.2, 0.25) is 5.91 Å². The first-order valence-corrected chi connectivity index (χ1v) is 7.13. The van der Waals surface area contributed by atoms with Crippen molar-refractivity contribution in [2.24, 2.45) is 11.8 Å². The smallest absolute Gasteiger partial charge is 0.240 e. The number of amides is 1. The van der Waals surface area contributed by atoms with Gasteiger partial charge in [-0.15, -0.1) is 0 Å². The zero-order valence-electron chi connectivity index (χ0n) is 11.4. The zero-order valence-corrected chi connectivity index (χ0v) is 11.4. The molecule has 2 fully saturated rings. The molecule has 0 radical (unpaired) electrons. The van der Waals surface area contributed by atoms with E-state index in [9.17, 15) is 4.79 Å². The van der Waals surface area contributed by atoms with Crippen LogP contribution in [0.1, 0.15) is 24.8 Å². The monoisotopic (exact) mass is 259 g/mol. The maximum absolute atomic E-state index is 12.5. The molecule has 3 rings (SSSR count). The van der Waals surface area contributed by atoms with E-state index in [1.165, 1.54) is 19.3 Å². The summed E-state index contributed by atoms with van der Waals surface area (Å²) >= 11 is 0. The van der Waals surface area contributed by atoms with Crippen LogP contribution < -0.4 is 5.32 Å². The first-order valence-electron chi connectivity index (χ1n) is 7.13. The van der Waals surface area contributed by atoms with Crippen LogP contribution in [-0.4, -0.2) is 35.4 Å². The number of hydrogen-bond acceptors (Lipinski definition) is 3. The lowest BCUT2D eigenvalue weighted by atomic mass is 9.93. The van der Waals surface area contributed by atoms with E-state index in [0.717, 1.165) is 18.0 Å². The van der Waals surface area contributed by atoms with Gasteiger partial charge >= 0.3 is 0 Å². The number of rotatable bonds is 3. The van der Waals surface area contributed by atoms with Crippen molar-refractivity contribution in [2.75, 3.05) is 13.6 Å². The number of nitrogens with one attached hydrogen (secondary N) is 1. The minimum absolute atomic E-state index is 0.0411. The van der Waals surface area contributed by atoms with Crippen molar-refractivity contribution >= 4 is 5.91 Å². The Morgan fingerprint density at radius 1 is 1.42 bits per heavy atom. The van der Waals surface area contributed by atoms with E-state index in [1.54, 1.807) is 12.4 Å². The van der Waals surface area contributed by atoms with Gasteiger partial charge in [-0.25, -0.2) is 0 Å². The van der Waals surface area contributed by atoms with E-state index in [-0.39, 0.29) is 11.9 Å². The zero-order chi connectivity index (χ0) is 13.2. The van der Waals surface area contributed by atoms with E-state index >= 15 is 0 Å². The molecule has 2 aliphatic rings. The van der Waals surface area contributed by atoms with Crippen molar-refractivity contribution in [1.29, 1.82) is 0 Å². The summed E-state index contributed by atoms with van der Waals surface area (Å²) in [5.74, 6) is 1.53. The van der Waals surface area contributed by atoms with Crippen LogP contribution in [0.2, 0.25) is 0 Å². The first-order chi connectivity index (χ1) is 9.25. The van der Waals surface area contributed by atoms with E-state index in [2.05, 4.69) is 10.3 Å². The summed E-state index contributed by atoms with van der Waals surface area (Å²) < 4.78 is 0. The molecule has 102 valence electrons. The SMILES string of the molecule is CN(Cc1ccncc1)C(=O)C1NCC2CCCC21. The number of pyridine rings is 1. The minimum Gasteiger partial charge on any atom is -0.340 e. The van der Waals surface area contributed by atoms with Crippen molar-refractivity contribution < 1.29 is 4.79 Å². The molecule has 2 heterocycles. The lowest BCUT2D eigenvalue weighted by Crippen LogP contribution is -2.44. The van der Waals surface area contributed by atoms with Gasteiger partial charge in [-0.1, -0.05) is 6.42 Å². The van der Waals surface area contributed by atoms with Crippen molar-refractivity contribution in [3.63, 3.8) is 0 Å². The average molecular weight is 259 g/mol. The Kier molecular flexibility index (Phi) is 3.51. The number of aromatic nitrogens is 1. The van der Waals surface area contributed by atoms with E-state index < -0.39 is 0 Å². The molecule has 0 aromatic carbocycles. The van der Waals surface area contributed by atoms with Gasteiger partial charge in [-0.2, -0.15) is 0 Å². The van der Waals surface area contributed by atoms with Crippen LogP contribution in [0.3, 0.4) is 0 Å². The van der Waals surface area contributed by atoms with Crippen LogP contribution in [0.4, 0.5) is 0 Å². The summed E-state index contributed by atoms with van der Waals surface area (Å²) in [5, 5.41) is 3.42. The molecular formula is C15H21N3O. The third-order valence-corrected chi connectivity index (χ3v) is 4.56. The highest BCUT2D eigenvalue weighted by Gasteiger charge is 2.43. The Hall–Kier alpha value is -1.42. The normalized spacial score (nSPS) is 29.2. The molecule has 1 aliphatic heterocycles. The maximum Gasteiger partial charge on any atom is 0.240 e. The molecule has 0 spiro atoms. The standard InChI is InChI=1S/C15H21N3O/c1-18(10-11-5-7-16-8-6-11)15(19)14-13-4-2-3-12(13)9-17-14/h5-8,12-14,17H,2-4,9-10H2,1H3. The molecular weight excluding hydrogens is 238 g/mol. The Labute approximate surface area is 114 Å². The number of carbonyl (C=O) groups excluding carboxylic acids is 1. The van der Waals surface area contributed by atoms with Crippen molar-refractivity contribution in [3.8, 4) is 0 Å². The molecule has 4 nitrogen and oxygen atoms in total. The first kappa shape index (κ1) is 12.6. The molecule has 1 aromatic heterocycles. The highest BCUT2D eigenvalue weighted by Crippen LogP contribution is 2.38. The van der Waals surface area contributed by atoms with Crippen LogP contribution >= 0.6 is 0 Å². The molecule has 1 amide bonds. The fraction of sp³-hybridized carbons (Fsp3) is 0.600. The van der Waals surface area contributed by atoms with Crippen LogP contribution in [0.5, 0.6) is 0 Å². The van der Waals surface area contributed by atoms with Gasteiger partial charge in [0.15, 0.2) is 0 Å². The molecule has 19 heavy (non-hydrogen) atoms. The minimum atomic E-state index is 0.0411.